The molecule has 0 spiro atoms. The minimum Gasteiger partial charge on any atom is -0.490 e. The lowest BCUT2D eigenvalue weighted by Crippen LogP contribution is -2.34. The predicted octanol–water partition coefficient (Wildman–Crippen LogP) is 2.18. The molecular formula is C16H18N2O3. The molecule has 0 aliphatic carbocycles. The number of ether oxygens (including phenoxy) is 1. The number of nitrogens with one attached hydrogen (secondary N) is 1. The van der Waals surface area contributed by atoms with Crippen molar-refractivity contribution in [2.45, 2.75) is 18.9 Å². The van der Waals surface area contributed by atoms with Crippen molar-refractivity contribution in [1.82, 2.24) is 5.32 Å². The predicted molar refractivity (Wildman–Crippen MR) is 79.2 cm³/mol. The zero-order chi connectivity index (χ0) is 14.7. The molecule has 1 amide bonds. The van der Waals surface area contributed by atoms with E-state index in [2.05, 4.69) is 5.32 Å². The van der Waals surface area contributed by atoms with Crippen molar-refractivity contribution >= 4 is 5.91 Å². The summed E-state index contributed by atoms with van der Waals surface area (Å²) in [5, 5.41) is 3.31. The Morgan fingerprint density at radius 3 is 2.48 bits per heavy atom. The van der Waals surface area contributed by atoms with Crippen molar-refractivity contribution in [3.8, 4) is 17.1 Å². The van der Waals surface area contributed by atoms with E-state index in [4.69, 9.17) is 14.9 Å². The van der Waals surface area contributed by atoms with Gasteiger partial charge < -0.3 is 20.2 Å². The first-order valence-corrected chi connectivity index (χ1v) is 7.10. The SMILES string of the molecule is NC(=O)c1ccc(-c2ccc(OC3CCNCC3)cc2)o1. The van der Waals surface area contributed by atoms with Gasteiger partial charge in [-0.25, -0.2) is 0 Å². The molecule has 5 nitrogen and oxygen atoms in total. The van der Waals surface area contributed by atoms with Crippen molar-refractivity contribution in [2.75, 3.05) is 13.1 Å². The van der Waals surface area contributed by atoms with Crippen LogP contribution in [0.4, 0.5) is 0 Å². The number of primary amides is 1. The summed E-state index contributed by atoms with van der Waals surface area (Å²) in [4.78, 5) is 11.0. The van der Waals surface area contributed by atoms with Crippen LogP contribution >= 0.6 is 0 Å². The number of carbonyl (C=O) groups excluding carboxylic acids is 1. The first-order chi connectivity index (χ1) is 10.2. The lowest BCUT2D eigenvalue weighted by atomic mass is 10.1. The molecule has 1 saturated heterocycles. The van der Waals surface area contributed by atoms with E-state index in [0.29, 0.717) is 5.76 Å². The Morgan fingerprint density at radius 2 is 1.86 bits per heavy atom. The van der Waals surface area contributed by atoms with E-state index >= 15 is 0 Å². The molecule has 3 N–H and O–H groups in total. The number of nitrogens with two attached hydrogens (primary N) is 1. The smallest absolute Gasteiger partial charge is 0.284 e. The minimum absolute atomic E-state index is 0.167. The van der Waals surface area contributed by atoms with Crippen LogP contribution in [-0.4, -0.2) is 25.1 Å². The van der Waals surface area contributed by atoms with Crippen LogP contribution in [0.5, 0.6) is 5.75 Å². The number of rotatable bonds is 4. The van der Waals surface area contributed by atoms with Gasteiger partial charge in [0.2, 0.25) is 0 Å². The van der Waals surface area contributed by atoms with Crippen molar-refractivity contribution in [3.05, 3.63) is 42.2 Å². The Bertz CT molecular complexity index is 613. The Labute approximate surface area is 123 Å². The van der Waals surface area contributed by atoms with Gasteiger partial charge in [0.15, 0.2) is 5.76 Å². The maximum Gasteiger partial charge on any atom is 0.284 e. The number of benzene rings is 1. The van der Waals surface area contributed by atoms with Crippen LogP contribution in [-0.2, 0) is 0 Å². The van der Waals surface area contributed by atoms with Crippen molar-refractivity contribution in [3.63, 3.8) is 0 Å². The van der Waals surface area contributed by atoms with Gasteiger partial charge in [-0.05, 0) is 62.3 Å². The Morgan fingerprint density at radius 1 is 1.14 bits per heavy atom. The van der Waals surface area contributed by atoms with Crippen LogP contribution in [0.15, 0.2) is 40.8 Å². The van der Waals surface area contributed by atoms with Crippen LogP contribution < -0.4 is 15.8 Å². The van der Waals surface area contributed by atoms with Crippen LogP contribution in [0.3, 0.4) is 0 Å². The molecule has 2 aromatic rings. The maximum atomic E-state index is 11.0. The molecule has 0 atom stereocenters. The molecule has 3 rings (SSSR count). The molecule has 1 aliphatic heterocycles. The van der Waals surface area contributed by atoms with E-state index in [1.54, 1.807) is 12.1 Å². The third kappa shape index (κ3) is 3.25. The molecule has 5 heteroatoms. The summed E-state index contributed by atoms with van der Waals surface area (Å²) in [5.74, 6) is 1.08. The first kappa shape index (κ1) is 13.7. The zero-order valence-corrected chi connectivity index (χ0v) is 11.7. The molecule has 1 aromatic carbocycles. The topological polar surface area (TPSA) is 77.5 Å². The second-order valence-corrected chi connectivity index (χ2v) is 5.12. The summed E-state index contributed by atoms with van der Waals surface area (Å²) in [6.45, 7) is 2.01. The number of hydrogen-bond donors (Lipinski definition) is 2. The van der Waals surface area contributed by atoms with Crippen LogP contribution in [0.1, 0.15) is 23.4 Å². The highest BCUT2D eigenvalue weighted by molar-refractivity contribution is 5.90. The maximum absolute atomic E-state index is 11.0. The fraction of sp³-hybridized carbons (Fsp3) is 0.312. The van der Waals surface area contributed by atoms with Gasteiger partial charge in [-0.3, -0.25) is 4.79 Å². The van der Waals surface area contributed by atoms with Crippen LogP contribution in [0.2, 0.25) is 0 Å². The van der Waals surface area contributed by atoms with E-state index in [1.165, 1.54) is 0 Å². The van der Waals surface area contributed by atoms with Crippen molar-refractivity contribution in [1.29, 1.82) is 0 Å². The quantitative estimate of drug-likeness (QED) is 0.903. The molecule has 1 aromatic heterocycles. The zero-order valence-electron chi connectivity index (χ0n) is 11.7. The number of piperidine rings is 1. The second kappa shape index (κ2) is 6.01. The van der Waals surface area contributed by atoms with Crippen LogP contribution in [0, 0.1) is 0 Å². The van der Waals surface area contributed by atoms with E-state index in [1.807, 2.05) is 24.3 Å². The largest absolute Gasteiger partial charge is 0.490 e. The van der Waals surface area contributed by atoms with Gasteiger partial charge in [0.25, 0.3) is 5.91 Å². The minimum atomic E-state index is -0.563. The standard InChI is InChI=1S/C16H18N2O3/c17-16(19)15-6-5-14(21-15)11-1-3-12(4-2-11)20-13-7-9-18-10-8-13/h1-6,13,18H,7-10H2,(H2,17,19). The number of hydrogen-bond acceptors (Lipinski definition) is 4. The second-order valence-electron chi connectivity index (χ2n) is 5.12. The molecule has 0 unspecified atom stereocenters. The third-order valence-electron chi connectivity index (χ3n) is 3.58. The molecule has 2 heterocycles. The molecule has 1 fully saturated rings. The van der Waals surface area contributed by atoms with Gasteiger partial charge in [0, 0.05) is 5.56 Å². The Balaban J connectivity index is 1.69. The van der Waals surface area contributed by atoms with Gasteiger partial charge in [-0.15, -0.1) is 0 Å². The number of furan rings is 1. The lowest BCUT2D eigenvalue weighted by molar-refractivity contribution is 0.0974. The highest BCUT2D eigenvalue weighted by Crippen LogP contribution is 2.25. The van der Waals surface area contributed by atoms with Gasteiger partial charge >= 0.3 is 0 Å². The van der Waals surface area contributed by atoms with Gasteiger partial charge in [0.1, 0.15) is 17.6 Å². The van der Waals surface area contributed by atoms with Crippen LogP contribution in [0.25, 0.3) is 11.3 Å². The molecule has 110 valence electrons. The lowest BCUT2D eigenvalue weighted by Gasteiger charge is -2.23. The van der Waals surface area contributed by atoms with Gasteiger partial charge in [0.05, 0.1) is 0 Å². The summed E-state index contributed by atoms with van der Waals surface area (Å²) < 4.78 is 11.3. The normalized spacial score (nSPS) is 15.8. The Kier molecular flexibility index (Phi) is 3.92. The summed E-state index contributed by atoms with van der Waals surface area (Å²) >= 11 is 0. The summed E-state index contributed by atoms with van der Waals surface area (Å²) in [7, 11) is 0. The molecule has 0 bridgehead atoms. The highest BCUT2D eigenvalue weighted by atomic mass is 16.5. The fourth-order valence-corrected chi connectivity index (χ4v) is 2.43. The molecule has 1 aliphatic rings. The summed E-state index contributed by atoms with van der Waals surface area (Å²) in [6.07, 6.45) is 2.34. The average Bonchev–Trinajstić information content (AvgIpc) is 2.99. The van der Waals surface area contributed by atoms with Gasteiger partial charge in [-0.1, -0.05) is 0 Å². The van der Waals surface area contributed by atoms with Gasteiger partial charge in [-0.2, -0.15) is 0 Å². The number of amides is 1. The molecule has 0 radical (unpaired) electrons. The van der Waals surface area contributed by atoms with E-state index in [-0.39, 0.29) is 11.9 Å². The van der Waals surface area contributed by atoms with E-state index < -0.39 is 5.91 Å². The molecular weight excluding hydrogens is 268 g/mol. The molecule has 21 heavy (non-hydrogen) atoms. The third-order valence-corrected chi connectivity index (χ3v) is 3.58. The van der Waals surface area contributed by atoms with E-state index in [0.717, 1.165) is 37.2 Å². The summed E-state index contributed by atoms with van der Waals surface area (Å²) in [6, 6.07) is 11.0. The van der Waals surface area contributed by atoms with Crippen molar-refractivity contribution in [2.24, 2.45) is 5.73 Å². The first-order valence-electron chi connectivity index (χ1n) is 7.10. The number of carbonyl (C=O) groups is 1. The Hall–Kier alpha value is -2.27. The average molecular weight is 286 g/mol. The monoisotopic (exact) mass is 286 g/mol. The molecule has 0 saturated carbocycles. The van der Waals surface area contributed by atoms with E-state index in [9.17, 15) is 4.79 Å². The fourth-order valence-electron chi connectivity index (χ4n) is 2.43. The summed E-state index contributed by atoms with van der Waals surface area (Å²) in [5.41, 5.74) is 6.06. The van der Waals surface area contributed by atoms with Crippen molar-refractivity contribution < 1.29 is 13.9 Å². The highest BCUT2D eigenvalue weighted by Gasteiger charge is 2.14.